The van der Waals surface area contributed by atoms with E-state index in [9.17, 15) is 4.79 Å². The second-order valence-corrected chi connectivity index (χ2v) is 5.03. The van der Waals surface area contributed by atoms with Crippen LogP contribution < -0.4 is 9.47 Å². The van der Waals surface area contributed by atoms with E-state index in [0.29, 0.717) is 13.0 Å². The lowest BCUT2D eigenvalue weighted by Gasteiger charge is -2.31. The van der Waals surface area contributed by atoms with E-state index in [2.05, 4.69) is 0 Å². The highest BCUT2D eigenvalue weighted by Gasteiger charge is 2.44. The molecule has 0 unspecified atom stereocenters. The van der Waals surface area contributed by atoms with E-state index in [1.165, 1.54) is 0 Å². The van der Waals surface area contributed by atoms with Crippen LogP contribution >= 0.6 is 0 Å². The van der Waals surface area contributed by atoms with Crippen LogP contribution in [0, 0.1) is 11.8 Å². The highest BCUT2D eigenvalue weighted by atomic mass is 16.7. The van der Waals surface area contributed by atoms with E-state index in [1.54, 1.807) is 0 Å². The zero-order valence-electron chi connectivity index (χ0n) is 9.72. The molecule has 1 saturated heterocycles. The summed E-state index contributed by atoms with van der Waals surface area (Å²) in [6.07, 6.45) is 0.684. The number of rotatable bonds is 0. The summed E-state index contributed by atoms with van der Waals surface area (Å²) < 4.78 is 15.8. The Morgan fingerprint density at radius 1 is 1.17 bits per heavy atom. The molecule has 0 amide bonds. The number of hydrogen-bond acceptors (Lipinski definition) is 4. The maximum absolute atomic E-state index is 11.7. The lowest BCUT2D eigenvalue weighted by Crippen LogP contribution is -2.30. The summed E-state index contributed by atoms with van der Waals surface area (Å²) in [5, 5.41) is 0. The molecule has 2 heterocycles. The van der Waals surface area contributed by atoms with Gasteiger partial charge in [-0.25, -0.2) is 0 Å². The highest BCUT2D eigenvalue weighted by molar-refractivity contribution is 6.13. The SMILES string of the molecule is [B][C@@H]1c2cc3c(cc2C[C@@H]2C(=O)OC[C@@H]21)OCO3. The molecule has 3 aliphatic rings. The molecular weight excluding hydrogens is 231 g/mol. The van der Waals surface area contributed by atoms with Gasteiger partial charge >= 0.3 is 5.97 Å². The minimum absolute atomic E-state index is 0.0883. The maximum atomic E-state index is 11.7. The Labute approximate surface area is 106 Å². The van der Waals surface area contributed by atoms with Crippen LogP contribution in [-0.4, -0.2) is 27.2 Å². The first kappa shape index (κ1) is 10.3. The first-order valence-corrected chi connectivity index (χ1v) is 6.08. The molecule has 1 fully saturated rings. The van der Waals surface area contributed by atoms with Crippen molar-refractivity contribution in [3.05, 3.63) is 23.3 Å². The van der Waals surface area contributed by atoms with E-state index >= 15 is 0 Å². The Hall–Kier alpha value is -1.65. The smallest absolute Gasteiger partial charge is 0.309 e. The van der Waals surface area contributed by atoms with Crippen molar-refractivity contribution in [1.29, 1.82) is 0 Å². The van der Waals surface area contributed by atoms with E-state index in [0.717, 1.165) is 22.6 Å². The van der Waals surface area contributed by atoms with E-state index in [4.69, 9.17) is 22.1 Å². The molecule has 90 valence electrons. The Kier molecular flexibility index (Phi) is 1.96. The van der Waals surface area contributed by atoms with Crippen LogP contribution in [0.3, 0.4) is 0 Å². The molecule has 3 atom stereocenters. The Morgan fingerprint density at radius 3 is 2.78 bits per heavy atom. The van der Waals surface area contributed by atoms with Crippen molar-refractivity contribution < 1.29 is 19.0 Å². The predicted molar refractivity (Wildman–Crippen MR) is 62.7 cm³/mol. The summed E-state index contributed by atoms with van der Waals surface area (Å²) in [4.78, 5) is 11.7. The predicted octanol–water partition coefficient (Wildman–Crippen LogP) is 0.970. The molecule has 18 heavy (non-hydrogen) atoms. The number of fused-ring (bicyclic) bond motifs is 3. The molecule has 5 heteroatoms. The van der Waals surface area contributed by atoms with Gasteiger partial charge in [-0.3, -0.25) is 4.79 Å². The van der Waals surface area contributed by atoms with Gasteiger partial charge in [0, 0.05) is 5.92 Å². The standard InChI is InChI=1S/C13H11BO4/c14-12-7-3-11-10(17-5-18-11)2-6(7)1-8-9(12)4-16-13(8)15/h2-3,8-9,12H,1,4-5H2/t8-,9-,12+/m0/s1. The molecule has 4 nitrogen and oxygen atoms in total. The number of ether oxygens (including phenoxy) is 3. The number of benzene rings is 1. The van der Waals surface area contributed by atoms with Crippen LogP contribution in [0.1, 0.15) is 16.9 Å². The molecule has 0 N–H and O–H groups in total. The molecule has 1 aromatic rings. The third kappa shape index (κ3) is 1.24. The molecule has 2 radical (unpaired) electrons. The van der Waals surface area contributed by atoms with Crippen molar-refractivity contribution in [3.63, 3.8) is 0 Å². The first-order chi connectivity index (χ1) is 8.74. The minimum atomic E-state index is -0.167. The summed E-state index contributed by atoms with van der Waals surface area (Å²) in [7, 11) is 6.26. The zero-order chi connectivity index (χ0) is 12.3. The second-order valence-electron chi connectivity index (χ2n) is 5.03. The van der Waals surface area contributed by atoms with Gasteiger partial charge in [0.2, 0.25) is 6.79 Å². The summed E-state index contributed by atoms with van der Waals surface area (Å²) in [6.45, 7) is 0.681. The molecule has 0 bridgehead atoms. The van der Waals surface area contributed by atoms with Gasteiger partial charge in [-0.15, -0.1) is 0 Å². The quantitative estimate of drug-likeness (QED) is 0.502. The largest absolute Gasteiger partial charge is 0.465 e. The van der Waals surface area contributed by atoms with E-state index in [1.807, 2.05) is 12.1 Å². The molecule has 2 aliphatic heterocycles. The lowest BCUT2D eigenvalue weighted by molar-refractivity contribution is -0.141. The molecule has 4 rings (SSSR count). The molecule has 0 saturated carbocycles. The number of hydrogen-bond donors (Lipinski definition) is 0. The molecule has 1 aromatic carbocycles. The Morgan fingerprint density at radius 2 is 1.94 bits per heavy atom. The van der Waals surface area contributed by atoms with Gasteiger partial charge in [-0.05, 0) is 35.5 Å². The fourth-order valence-electron chi connectivity index (χ4n) is 3.12. The van der Waals surface area contributed by atoms with E-state index < -0.39 is 0 Å². The van der Waals surface area contributed by atoms with Crippen molar-refractivity contribution in [2.45, 2.75) is 12.2 Å². The molecule has 0 aromatic heterocycles. The molecule has 1 aliphatic carbocycles. The van der Waals surface area contributed by atoms with Crippen LogP contribution in [0.15, 0.2) is 12.1 Å². The van der Waals surface area contributed by atoms with Crippen molar-refractivity contribution in [2.24, 2.45) is 11.8 Å². The van der Waals surface area contributed by atoms with Crippen molar-refractivity contribution >= 4 is 13.8 Å². The van der Waals surface area contributed by atoms with Gasteiger partial charge < -0.3 is 14.2 Å². The highest BCUT2D eigenvalue weighted by Crippen LogP contribution is 2.46. The third-order valence-corrected chi connectivity index (χ3v) is 4.13. The van der Waals surface area contributed by atoms with Crippen LogP contribution in [0.2, 0.25) is 0 Å². The maximum Gasteiger partial charge on any atom is 0.309 e. The third-order valence-electron chi connectivity index (χ3n) is 4.13. The van der Waals surface area contributed by atoms with Crippen molar-refractivity contribution in [2.75, 3.05) is 13.4 Å². The Bertz CT molecular complexity index is 542. The van der Waals surface area contributed by atoms with Gasteiger partial charge in [0.05, 0.1) is 20.4 Å². The average Bonchev–Trinajstić information content (AvgIpc) is 2.95. The molecule has 0 spiro atoms. The van der Waals surface area contributed by atoms with Crippen LogP contribution in [0.4, 0.5) is 0 Å². The van der Waals surface area contributed by atoms with Gasteiger partial charge in [0.15, 0.2) is 11.5 Å². The Balaban J connectivity index is 1.82. The normalized spacial score (nSPS) is 31.8. The number of carbonyl (C=O) groups is 1. The molecular formula is C13H11BO4. The minimum Gasteiger partial charge on any atom is -0.465 e. The summed E-state index contributed by atoms with van der Waals surface area (Å²) >= 11 is 0. The second kappa shape index (κ2) is 3.43. The van der Waals surface area contributed by atoms with Gasteiger partial charge in [-0.1, -0.05) is 0 Å². The summed E-state index contributed by atoms with van der Waals surface area (Å²) in [6, 6.07) is 3.89. The van der Waals surface area contributed by atoms with Gasteiger partial charge in [-0.2, -0.15) is 0 Å². The first-order valence-electron chi connectivity index (χ1n) is 6.08. The summed E-state index contributed by atoms with van der Waals surface area (Å²) in [5.41, 5.74) is 2.13. The van der Waals surface area contributed by atoms with Crippen molar-refractivity contribution in [1.82, 2.24) is 0 Å². The van der Waals surface area contributed by atoms with Crippen LogP contribution in [-0.2, 0) is 16.0 Å². The van der Waals surface area contributed by atoms with E-state index in [-0.39, 0.29) is 30.4 Å². The number of carbonyl (C=O) groups excluding carboxylic acids is 1. The summed E-state index contributed by atoms with van der Waals surface area (Å²) in [5.74, 6) is 1.18. The lowest BCUT2D eigenvalue weighted by atomic mass is 9.62. The van der Waals surface area contributed by atoms with Gasteiger partial charge in [0.1, 0.15) is 0 Å². The van der Waals surface area contributed by atoms with Crippen molar-refractivity contribution in [3.8, 4) is 11.5 Å². The average molecular weight is 242 g/mol. The number of esters is 1. The monoisotopic (exact) mass is 242 g/mol. The zero-order valence-corrected chi connectivity index (χ0v) is 9.72. The van der Waals surface area contributed by atoms with Crippen LogP contribution in [0.5, 0.6) is 11.5 Å². The fraction of sp³-hybridized carbons (Fsp3) is 0.462. The number of cyclic esters (lactones) is 1. The fourth-order valence-corrected chi connectivity index (χ4v) is 3.12. The van der Waals surface area contributed by atoms with Gasteiger partial charge in [0.25, 0.3) is 0 Å². The topological polar surface area (TPSA) is 44.8 Å². The van der Waals surface area contributed by atoms with Crippen LogP contribution in [0.25, 0.3) is 0 Å².